The number of fused-ring (bicyclic) bond motifs is 1. The number of pyridine rings is 3. The minimum Gasteiger partial charge on any atom is -0.488 e. The van der Waals surface area contributed by atoms with E-state index in [1.165, 1.54) is 6.20 Å². The molecule has 3 aliphatic heterocycles. The number of halogens is 1. The number of urea groups is 1. The van der Waals surface area contributed by atoms with Gasteiger partial charge in [-0.2, -0.15) is 5.26 Å². The first-order chi connectivity index (χ1) is 27.3. The van der Waals surface area contributed by atoms with Crippen LogP contribution in [0.15, 0.2) is 48.9 Å². The lowest BCUT2D eigenvalue weighted by atomic mass is 9.44. The molecule has 4 amide bonds. The van der Waals surface area contributed by atoms with Crippen molar-refractivity contribution in [3.05, 3.63) is 70.9 Å². The van der Waals surface area contributed by atoms with Crippen molar-refractivity contribution in [1.29, 1.82) is 5.26 Å². The molecule has 298 valence electrons. The monoisotopic (exact) mass is 792 g/mol. The lowest BCUT2D eigenvalue weighted by Gasteiger charge is -2.63. The molecule has 0 atom stereocenters. The van der Waals surface area contributed by atoms with Crippen LogP contribution in [0.5, 0.6) is 5.75 Å². The number of hydrogen-bond donors (Lipinski definition) is 2. The van der Waals surface area contributed by atoms with Gasteiger partial charge in [0.25, 0.3) is 5.91 Å². The molecular weight excluding hydrogens is 744 g/mol. The van der Waals surface area contributed by atoms with Gasteiger partial charge in [0.2, 0.25) is 5.91 Å². The number of carbonyl (C=O) groups excluding carboxylic acids is 3. The highest BCUT2D eigenvalue weighted by Crippen LogP contribution is 2.65. The number of nitrogens with zero attached hydrogens (tertiary/aromatic N) is 8. The second-order valence-electron chi connectivity index (χ2n) is 17.2. The minimum absolute atomic E-state index is 0.120. The SMILES string of the molecule is CC1(C)C(Oc2cnc(C#N)c(Cl)c2)C(C)(C)C1c1nc(N2CCC(CN3CCC(n4ccc5c(N6CCC(=O)NC6=O)ccnc54)CC3)CC2)ccc1C(N)=O. The summed E-state index contributed by atoms with van der Waals surface area (Å²) in [5.41, 5.74) is 8.04. The molecule has 1 aliphatic carbocycles. The molecule has 4 fully saturated rings. The van der Waals surface area contributed by atoms with E-state index in [0.717, 1.165) is 80.9 Å². The van der Waals surface area contributed by atoms with Gasteiger partial charge >= 0.3 is 6.03 Å². The summed E-state index contributed by atoms with van der Waals surface area (Å²) in [6, 6.07) is 11.2. The largest absolute Gasteiger partial charge is 0.488 e. The van der Waals surface area contributed by atoms with E-state index < -0.39 is 16.7 Å². The van der Waals surface area contributed by atoms with Gasteiger partial charge in [0, 0.05) is 92.3 Å². The Kier molecular flexibility index (Phi) is 10.1. The maximum absolute atomic E-state index is 12.8. The normalized spacial score (nSPS) is 22.9. The predicted molar refractivity (Wildman–Crippen MR) is 216 cm³/mol. The van der Waals surface area contributed by atoms with E-state index in [2.05, 4.69) is 58.6 Å². The number of amides is 4. The molecule has 3 saturated heterocycles. The van der Waals surface area contributed by atoms with Crippen LogP contribution in [0, 0.1) is 28.1 Å². The lowest BCUT2D eigenvalue weighted by Crippen LogP contribution is -2.64. The van der Waals surface area contributed by atoms with Gasteiger partial charge in [0.1, 0.15) is 29.4 Å². The number of rotatable bonds is 9. The van der Waals surface area contributed by atoms with E-state index in [1.807, 2.05) is 30.3 Å². The summed E-state index contributed by atoms with van der Waals surface area (Å²) in [4.78, 5) is 57.7. The number of ether oxygens (including phenoxy) is 1. The topological polar surface area (TPSA) is 176 Å². The fourth-order valence-electron chi connectivity index (χ4n) is 10.4. The number of piperidine rings is 2. The molecule has 0 bridgehead atoms. The number of imide groups is 1. The van der Waals surface area contributed by atoms with Crippen molar-refractivity contribution < 1.29 is 19.1 Å². The van der Waals surface area contributed by atoms with Crippen molar-refractivity contribution in [3.63, 3.8) is 0 Å². The summed E-state index contributed by atoms with van der Waals surface area (Å²) in [5, 5.41) is 12.8. The molecule has 3 N–H and O–H groups in total. The number of hydrogen-bond acceptors (Lipinski definition) is 10. The van der Waals surface area contributed by atoms with Crippen LogP contribution >= 0.6 is 11.6 Å². The zero-order valence-electron chi connectivity index (χ0n) is 32.9. The molecule has 8 rings (SSSR count). The maximum Gasteiger partial charge on any atom is 0.328 e. The highest BCUT2D eigenvalue weighted by atomic mass is 35.5. The van der Waals surface area contributed by atoms with E-state index in [4.69, 9.17) is 32.0 Å². The summed E-state index contributed by atoms with van der Waals surface area (Å²) >= 11 is 6.26. The van der Waals surface area contributed by atoms with Gasteiger partial charge in [-0.15, -0.1) is 0 Å². The average molecular weight is 793 g/mol. The summed E-state index contributed by atoms with van der Waals surface area (Å²) in [5.74, 6) is 1.06. The minimum atomic E-state index is -0.498. The molecule has 7 heterocycles. The van der Waals surface area contributed by atoms with Crippen molar-refractivity contribution in [3.8, 4) is 11.8 Å². The third-order valence-electron chi connectivity index (χ3n) is 12.8. The summed E-state index contributed by atoms with van der Waals surface area (Å²) < 4.78 is 8.72. The predicted octanol–water partition coefficient (Wildman–Crippen LogP) is 6.05. The van der Waals surface area contributed by atoms with Gasteiger partial charge in [-0.05, 0) is 55.9 Å². The molecular formula is C42H49ClN10O4. The summed E-state index contributed by atoms with van der Waals surface area (Å²) in [6.07, 6.45) is 9.53. The highest BCUT2D eigenvalue weighted by Gasteiger charge is 2.65. The first-order valence-corrected chi connectivity index (χ1v) is 20.2. The van der Waals surface area contributed by atoms with E-state index in [0.29, 0.717) is 35.5 Å². The number of primary amides is 1. The fourth-order valence-corrected chi connectivity index (χ4v) is 10.6. The molecule has 0 spiro atoms. The Balaban J connectivity index is 0.886. The van der Waals surface area contributed by atoms with Crippen LogP contribution in [-0.2, 0) is 4.79 Å². The number of nitrogens with one attached hydrogen (secondary N) is 1. The fraction of sp³-hybridized carbons (Fsp3) is 0.500. The molecule has 0 aromatic carbocycles. The van der Waals surface area contributed by atoms with Gasteiger partial charge < -0.3 is 24.8 Å². The number of anilines is 2. The summed E-state index contributed by atoms with van der Waals surface area (Å²) in [7, 11) is 0. The Hall–Kier alpha value is -5.26. The molecule has 1 saturated carbocycles. The zero-order valence-corrected chi connectivity index (χ0v) is 33.6. The van der Waals surface area contributed by atoms with Crippen LogP contribution in [0.2, 0.25) is 5.02 Å². The molecule has 4 aromatic rings. The van der Waals surface area contributed by atoms with E-state index >= 15 is 0 Å². The molecule has 0 radical (unpaired) electrons. The average Bonchev–Trinajstić information content (AvgIpc) is 3.62. The number of carbonyl (C=O) groups is 3. The first kappa shape index (κ1) is 38.6. The second-order valence-corrected chi connectivity index (χ2v) is 17.6. The molecule has 57 heavy (non-hydrogen) atoms. The smallest absolute Gasteiger partial charge is 0.328 e. The second kappa shape index (κ2) is 14.9. The van der Waals surface area contributed by atoms with Crippen LogP contribution in [0.1, 0.15) is 93.5 Å². The number of nitrogens with two attached hydrogens (primary N) is 1. The highest BCUT2D eigenvalue weighted by molar-refractivity contribution is 6.31. The number of likely N-dealkylation sites (tertiary alicyclic amines) is 1. The molecule has 0 unspecified atom stereocenters. The molecule has 14 nitrogen and oxygen atoms in total. The summed E-state index contributed by atoms with van der Waals surface area (Å²) in [6.45, 7) is 13.7. The Labute approximate surface area is 337 Å². The van der Waals surface area contributed by atoms with Crippen molar-refractivity contribution >= 4 is 52.0 Å². The van der Waals surface area contributed by atoms with Gasteiger partial charge in [0.05, 0.1) is 28.2 Å². The van der Waals surface area contributed by atoms with Gasteiger partial charge in [-0.25, -0.2) is 19.7 Å². The van der Waals surface area contributed by atoms with Crippen LogP contribution in [-0.4, -0.2) is 87.6 Å². The third kappa shape index (κ3) is 7.05. The van der Waals surface area contributed by atoms with Crippen molar-refractivity contribution in [1.82, 2.24) is 29.7 Å². The molecule has 15 heteroatoms. The van der Waals surface area contributed by atoms with Gasteiger partial charge in [-0.1, -0.05) is 39.3 Å². The Morgan fingerprint density at radius 2 is 1.75 bits per heavy atom. The first-order valence-electron chi connectivity index (χ1n) is 19.8. The van der Waals surface area contributed by atoms with Crippen LogP contribution < -0.4 is 25.6 Å². The van der Waals surface area contributed by atoms with Gasteiger partial charge in [-0.3, -0.25) is 19.8 Å². The Bertz CT molecular complexity index is 2250. The van der Waals surface area contributed by atoms with E-state index in [9.17, 15) is 19.6 Å². The Morgan fingerprint density at radius 1 is 1.02 bits per heavy atom. The zero-order chi connectivity index (χ0) is 40.2. The lowest BCUT2D eigenvalue weighted by molar-refractivity contribution is -0.161. The van der Waals surface area contributed by atoms with E-state index in [-0.39, 0.29) is 41.1 Å². The standard InChI is InChI=1S/C42H49ClN10O4/c1-41(2)36(42(3,4)39(41)57-27-21-30(43)31(22-44)47-23-27)35-29(37(45)55)5-6-33(48-35)51-17-8-25(9-18-51)24-50-15-10-26(11-16-50)52-19-12-28-32(7-14-46-38(28)52)53-20-13-34(54)49-40(53)56/h5-7,12,14,19,21,23,25-26,36,39H,8-11,13,15-18,20,24H2,1-4H3,(H2,45,55)(H,49,54,56). The van der Waals surface area contributed by atoms with Gasteiger partial charge in [0.15, 0.2) is 5.69 Å². The molecule has 4 aromatic heterocycles. The van der Waals surface area contributed by atoms with Crippen molar-refractivity contribution in [2.24, 2.45) is 22.5 Å². The van der Waals surface area contributed by atoms with Crippen LogP contribution in [0.3, 0.4) is 0 Å². The third-order valence-corrected chi connectivity index (χ3v) is 13.1. The van der Waals surface area contributed by atoms with E-state index in [1.54, 1.807) is 17.2 Å². The van der Waals surface area contributed by atoms with Crippen molar-refractivity contribution in [2.75, 3.05) is 49.1 Å². The number of aromatic nitrogens is 4. The van der Waals surface area contributed by atoms with Crippen LogP contribution in [0.4, 0.5) is 16.3 Å². The molecule has 4 aliphatic rings. The van der Waals surface area contributed by atoms with Crippen molar-refractivity contribution in [2.45, 2.75) is 77.9 Å². The maximum atomic E-state index is 12.8. The number of nitriles is 1. The Morgan fingerprint density at radius 3 is 2.42 bits per heavy atom. The van der Waals surface area contributed by atoms with Crippen LogP contribution in [0.25, 0.3) is 11.0 Å². The quantitative estimate of drug-likeness (QED) is 0.203.